The SMILES string of the molecule is c1ccc(-c2c3ccccc3c(-c3ccc4cc(-c5cccc6c7c(ccc56)-c5ccccc5C7)ccc4c3)c3ccccc23)cc1. The molecule has 0 heterocycles. The van der Waals surface area contributed by atoms with E-state index in [-0.39, 0.29) is 0 Å². The fourth-order valence-corrected chi connectivity index (χ4v) is 8.17. The van der Waals surface area contributed by atoms with Crippen molar-refractivity contribution in [1.29, 1.82) is 0 Å². The lowest BCUT2D eigenvalue weighted by atomic mass is 9.85. The summed E-state index contributed by atoms with van der Waals surface area (Å²) >= 11 is 0. The highest BCUT2D eigenvalue weighted by atomic mass is 14.2. The summed E-state index contributed by atoms with van der Waals surface area (Å²) in [6, 6.07) is 62.9. The molecule has 0 amide bonds. The summed E-state index contributed by atoms with van der Waals surface area (Å²) in [5.74, 6) is 0. The van der Waals surface area contributed by atoms with Crippen molar-refractivity contribution in [3.63, 3.8) is 0 Å². The summed E-state index contributed by atoms with van der Waals surface area (Å²) < 4.78 is 0. The Balaban J connectivity index is 1.12. The Morgan fingerprint density at radius 1 is 0.298 bits per heavy atom. The number of hydrogen-bond acceptors (Lipinski definition) is 0. The third kappa shape index (κ3) is 4.02. The molecule has 0 heteroatoms. The van der Waals surface area contributed by atoms with Gasteiger partial charge in [-0.1, -0.05) is 158 Å². The van der Waals surface area contributed by atoms with Crippen molar-refractivity contribution in [2.45, 2.75) is 6.42 Å². The van der Waals surface area contributed by atoms with Crippen LogP contribution in [0.3, 0.4) is 0 Å². The Morgan fingerprint density at radius 2 is 0.851 bits per heavy atom. The van der Waals surface area contributed by atoms with Crippen molar-refractivity contribution < 1.29 is 0 Å². The van der Waals surface area contributed by atoms with Gasteiger partial charge in [0.25, 0.3) is 0 Å². The summed E-state index contributed by atoms with van der Waals surface area (Å²) in [6.45, 7) is 0. The lowest BCUT2D eigenvalue weighted by Gasteiger charge is -2.18. The van der Waals surface area contributed by atoms with Crippen LogP contribution in [0.2, 0.25) is 0 Å². The van der Waals surface area contributed by atoms with E-state index in [1.807, 2.05) is 0 Å². The molecule has 0 unspecified atom stereocenters. The molecule has 0 bridgehead atoms. The molecule has 1 aliphatic carbocycles. The Morgan fingerprint density at radius 3 is 1.57 bits per heavy atom. The minimum atomic E-state index is 1.00. The Hall–Kier alpha value is -5.98. The van der Waals surface area contributed by atoms with E-state index in [4.69, 9.17) is 0 Å². The zero-order valence-electron chi connectivity index (χ0n) is 25.9. The van der Waals surface area contributed by atoms with Gasteiger partial charge in [0, 0.05) is 0 Å². The van der Waals surface area contributed by atoms with Gasteiger partial charge in [0.2, 0.25) is 0 Å². The lowest BCUT2D eigenvalue weighted by Crippen LogP contribution is -1.91. The Kier molecular flexibility index (Phi) is 5.74. The van der Waals surface area contributed by atoms with Crippen LogP contribution in [0.15, 0.2) is 170 Å². The summed E-state index contributed by atoms with van der Waals surface area (Å²) in [6.07, 6.45) is 1.00. The van der Waals surface area contributed by atoms with Crippen molar-refractivity contribution in [1.82, 2.24) is 0 Å². The average Bonchev–Trinajstić information content (AvgIpc) is 3.53. The first-order valence-corrected chi connectivity index (χ1v) is 16.5. The fraction of sp³-hybridized carbons (Fsp3) is 0.0213. The van der Waals surface area contributed by atoms with E-state index in [0.29, 0.717) is 0 Å². The van der Waals surface area contributed by atoms with Gasteiger partial charge in [-0.15, -0.1) is 0 Å². The molecule has 0 radical (unpaired) electrons. The minimum absolute atomic E-state index is 1.00. The van der Waals surface area contributed by atoms with Gasteiger partial charge in [0.05, 0.1) is 0 Å². The van der Waals surface area contributed by atoms with Crippen LogP contribution >= 0.6 is 0 Å². The largest absolute Gasteiger partial charge is 0.0622 e. The molecule has 0 aromatic heterocycles. The molecule has 0 nitrogen and oxygen atoms in total. The second kappa shape index (κ2) is 10.3. The molecule has 9 aromatic rings. The summed E-state index contributed by atoms with van der Waals surface area (Å²) in [5.41, 5.74) is 13.3. The highest BCUT2D eigenvalue weighted by Crippen LogP contribution is 2.45. The first-order chi connectivity index (χ1) is 23.3. The normalized spacial score (nSPS) is 12.2. The molecule has 1 aliphatic rings. The molecular weight excluding hydrogens is 565 g/mol. The summed E-state index contributed by atoms with van der Waals surface area (Å²) in [7, 11) is 0. The highest BCUT2D eigenvalue weighted by Gasteiger charge is 2.21. The van der Waals surface area contributed by atoms with Gasteiger partial charge >= 0.3 is 0 Å². The minimum Gasteiger partial charge on any atom is -0.0622 e. The van der Waals surface area contributed by atoms with Crippen LogP contribution in [0, 0.1) is 0 Å². The molecule has 47 heavy (non-hydrogen) atoms. The smallest absolute Gasteiger partial charge is 0.000728 e. The van der Waals surface area contributed by atoms with Crippen LogP contribution in [0.25, 0.3) is 87.6 Å². The van der Waals surface area contributed by atoms with Crippen molar-refractivity contribution in [2.24, 2.45) is 0 Å². The third-order valence-corrected chi connectivity index (χ3v) is 10.3. The van der Waals surface area contributed by atoms with E-state index in [0.717, 1.165) is 6.42 Å². The zero-order chi connectivity index (χ0) is 30.9. The van der Waals surface area contributed by atoms with Crippen LogP contribution in [-0.2, 0) is 6.42 Å². The van der Waals surface area contributed by atoms with E-state index in [1.54, 1.807) is 0 Å². The van der Waals surface area contributed by atoms with Crippen molar-refractivity contribution in [3.8, 4) is 44.5 Å². The number of hydrogen-bond donors (Lipinski definition) is 0. The van der Waals surface area contributed by atoms with Gasteiger partial charge in [-0.05, 0) is 117 Å². The van der Waals surface area contributed by atoms with Crippen LogP contribution in [0.5, 0.6) is 0 Å². The van der Waals surface area contributed by atoms with Gasteiger partial charge in [0.1, 0.15) is 0 Å². The second-order valence-corrected chi connectivity index (χ2v) is 12.8. The van der Waals surface area contributed by atoms with E-state index in [2.05, 4.69) is 170 Å². The van der Waals surface area contributed by atoms with Crippen molar-refractivity contribution in [3.05, 3.63) is 181 Å². The van der Waals surface area contributed by atoms with Crippen LogP contribution in [0.4, 0.5) is 0 Å². The topological polar surface area (TPSA) is 0 Å². The molecule has 0 saturated heterocycles. The van der Waals surface area contributed by atoms with E-state index < -0.39 is 0 Å². The maximum absolute atomic E-state index is 2.38. The number of rotatable bonds is 3. The van der Waals surface area contributed by atoms with Gasteiger partial charge in [0.15, 0.2) is 0 Å². The van der Waals surface area contributed by atoms with E-state index in [1.165, 1.54) is 98.7 Å². The molecule has 0 N–H and O–H groups in total. The van der Waals surface area contributed by atoms with Crippen molar-refractivity contribution in [2.75, 3.05) is 0 Å². The van der Waals surface area contributed by atoms with Crippen LogP contribution < -0.4 is 0 Å². The van der Waals surface area contributed by atoms with Crippen LogP contribution in [0.1, 0.15) is 11.1 Å². The molecule has 0 atom stereocenters. The standard InChI is InChI=1S/C47H30/c1-2-11-30(12-3-1)46-41-15-6-8-17-43(41)47(44-18-9-7-16-42(44)46)35-24-22-31-27-34(23-21-32(31)28-35)37-19-10-20-38-39(37)25-26-40-36-14-5-4-13-33(36)29-45(38)40/h1-28H,29H2. The quantitative estimate of drug-likeness (QED) is 0.179. The third-order valence-electron chi connectivity index (χ3n) is 10.3. The number of fused-ring (bicyclic) bond motifs is 8. The van der Waals surface area contributed by atoms with E-state index in [9.17, 15) is 0 Å². The first kappa shape index (κ1) is 26.3. The van der Waals surface area contributed by atoms with E-state index >= 15 is 0 Å². The monoisotopic (exact) mass is 594 g/mol. The van der Waals surface area contributed by atoms with Gasteiger partial charge in [-0.25, -0.2) is 0 Å². The van der Waals surface area contributed by atoms with Gasteiger partial charge < -0.3 is 0 Å². The molecule has 0 saturated carbocycles. The predicted molar refractivity (Wildman–Crippen MR) is 201 cm³/mol. The number of benzene rings is 9. The van der Waals surface area contributed by atoms with Crippen molar-refractivity contribution >= 4 is 43.1 Å². The highest BCUT2D eigenvalue weighted by molar-refractivity contribution is 6.21. The average molecular weight is 595 g/mol. The molecule has 0 fully saturated rings. The molecule has 0 spiro atoms. The molecule has 218 valence electrons. The van der Waals surface area contributed by atoms with Gasteiger partial charge in [-0.2, -0.15) is 0 Å². The Labute approximate surface area is 274 Å². The summed E-state index contributed by atoms with van der Waals surface area (Å²) in [5, 5.41) is 10.3. The summed E-state index contributed by atoms with van der Waals surface area (Å²) in [4.78, 5) is 0. The maximum Gasteiger partial charge on any atom is -0.000728 e. The molecule has 10 rings (SSSR count). The zero-order valence-corrected chi connectivity index (χ0v) is 25.9. The molecule has 9 aromatic carbocycles. The Bertz CT molecular complexity index is 2640. The predicted octanol–water partition coefficient (Wildman–Crippen LogP) is 12.9. The first-order valence-electron chi connectivity index (χ1n) is 16.5. The second-order valence-electron chi connectivity index (χ2n) is 12.8. The fourth-order valence-electron chi connectivity index (χ4n) is 8.17. The maximum atomic E-state index is 2.38. The molecule has 0 aliphatic heterocycles. The lowest BCUT2D eigenvalue weighted by molar-refractivity contribution is 1.28. The molecular formula is C47H30. The van der Waals surface area contributed by atoms with Gasteiger partial charge in [-0.3, -0.25) is 0 Å². The van der Waals surface area contributed by atoms with Crippen LogP contribution in [-0.4, -0.2) is 0 Å².